The zero-order chi connectivity index (χ0) is 18.6. The third-order valence-corrected chi connectivity index (χ3v) is 5.85. The van der Waals surface area contributed by atoms with Crippen LogP contribution in [0.3, 0.4) is 0 Å². The highest BCUT2D eigenvalue weighted by Gasteiger charge is 2.25. The molecule has 0 atom stereocenters. The van der Waals surface area contributed by atoms with Gasteiger partial charge in [0, 0.05) is 5.56 Å². The zero-order valence-corrected chi connectivity index (χ0v) is 15.2. The van der Waals surface area contributed by atoms with Crippen molar-refractivity contribution in [2.45, 2.75) is 18.4 Å². The fraction of sp³-hybridized carbons (Fsp3) is 0.0952. The number of nitrogens with zero attached hydrogens (tertiary/aromatic N) is 1. The number of hydrogen-bond donors (Lipinski definition) is 0. The van der Waals surface area contributed by atoms with E-state index in [-0.39, 0.29) is 17.2 Å². The molecule has 0 spiro atoms. The van der Waals surface area contributed by atoms with Crippen LogP contribution in [0.25, 0.3) is 0 Å². The SMILES string of the molecule is CC(=O)c1ccc(N(Cc2ccccc2)S(=O)(=O)c2ccccc2)cc1. The molecule has 0 amide bonds. The van der Waals surface area contributed by atoms with Gasteiger partial charge in [0.25, 0.3) is 10.0 Å². The summed E-state index contributed by atoms with van der Waals surface area (Å²) >= 11 is 0. The van der Waals surface area contributed by atoms with Crippen LogP contribution >= 0.6 is 0 Å². The summed E-state index contributed by atoms with van der Waals surface area (Å²) in [5.41, 5.74) is 1.94. The Kier molecular flexibility index (Phi) is 5.19. The van der Waals surface area contributed by atoms with E-state index in [1.54, 1.807) is 54.6 Å². The van der Waals surface area contributed by atoms with E-state index in [1.165, 1.54) is 11.2 Å². The van der Waals surface area contributed by atoms with Crippen molar-refractivity contribution in [3.05, 3.63) is 96.1 Å². The average molecular weight is 365 g/mol. The van der Waals surface area contributed by atoms with Gasteiger partial charge in [-0.3, -0.25) is 9.10 Å². The second-order valence-electron chi connectivity index (χ2n) is 5.91. The minimum atomic E-state index is -3.74. The quantitative estimate of drug-likeness (QED) is 0.613. The molecule has 0 aliphatic heterocycles. The summed E-state index contributed by atoms with van der Waals surface area (Å²) in [5, 5.41) is 0. The van der Waals surface area contributed by atoms with E-state index in [9.17, 15) is 13.2 Å². The number of carbonyl (C=O) groups is 1. The average Bonchev–Trinajstić information content (AvgIpc) is 2.67. The molecule has 4 nitrogen and oxygen atoms in total. The smallest absolute Gasteiger partial charge is 0.264 e. The van der Waals surface area contributed by atoms with E-state index in [0.29, 0.717) is 11.3 Å². The first-order valence-corrected chi connectivity index (χ1v) is 9.65. The van der Waals surface area contributed by atoms with Crippen LogP contribution < -0.4 is 4.31 Å². The van der Waals surface area contributed by atoms with Crippen LogP contribution in [0.4, 0.5) is 5.69 Å². The maximum absolute atomic E-state index is 13.2. The second-order valence-corrected chi connectivity index (χ2v) is 7.78. The number of rotatable bonds is 6. The van der Waals surface area contributed by atoms with Crippen LogP contribution in [-0.4, -0.2) is 14.2 Å². The molecule has 132 valence electrons. The number of benzene rings is 3. The summed E-state index contributed by atoms with van der Waals surface area (Å²) in [4.78, 5) is 11.7. The van der Waals surface area contributed by atoms with Gasteiger partial charge in [-0.15, -0.1) is 0 Å². The summed E-state index contributed by atoms with van der Waals surface area (Å²) in [6.45, 7) is 1.69. The third-order valence-electron chi connectivity index (χ3n) is 4.06. The van der Waals surface area contributed by atoms with Gasteiger partial charge in [0.2, 0.25) is 0 Å². The normalized spacial score (nSPS) is 11.1. The van der Waals surface area contributed by atoms with Gasteiger partial charge in [-0.25, -0.2) is 8.42 Å². The lowest BCUT2D eigenvalue weighted by molar-refractivity contribution is 0.101. The molecular weight excluding hydrogens is 346 g/mol. The van der Waals surface area contributed by atoms with Crippen LogP contribution in [0.1, 0.15) is 22.8 Å². The van der Waals surface area contributed by atoms with Crippen molar-refractivity contribution >= 4 is 21.5 Å². The first-order valence-electron chi connectivity index (χ1n) is 8.21. The number of ketones is 1. The maximum Gasteiger partial charge on any atom is 0.264 e. The molecule has 0 unspecified atom stereocenters. The van der Waals surface area contributed by atoms with Crippen LogP contribution in [0.5, 0.6) is 0 Å². The fourth-order valence-electron chi connectivity index (χ4n) is 2.65. The highest BCUT2D eigenvalue weighted by Crippen LogP contribution is 2.26. The minimum absolute atomic E-state index is 0.0583. The van der Waals surface area contributed by atoms with E-state index in [2.05, 4.69) is 0 Å². The Morgan fingerprint density at radius 1 is 0.808 bits per heavy atom. The molecular formula is C21H19NO3S. The molecule has 3 aromatic carbocycles. The third kappa shape index (κ3) is 3.83. The molecule has 3 aromatic rings. The largest absolute Gasteiger partial charge is 0.295 e. The molecule has 0 radical (unpaired) electrons. The zero-order valence-electron chi connectivity index (χ0n) is 14.4. The van der Waals surface area contributed by atoms with Crippen LogP contribution in [0, 0.1) is 0 Å². The van der Waals surface area contributed by atoms with E-state index >= 15 is 0 Å². The van der Waals surface area contributed by atoms with E-state index < -0.39 is 10.0 Å². The predicted molar refractivity (Wildman–Crippen MR) is 103 cm³/mol. The van der Waals surface area contributed by atoms with Crippen LogP contribution in [-0.2, 0) is 16.6 Å². The molecule has 0 saturated carbocycles. The van der Waals surface area contributed by atoms with Crippen molar-refractivity contribution in [3.63, 3.8) is 0 Å². The van der Waals surface area contributed by atoms with Crippen molar-refractivity contribution < 1.29 is 13.2 Å². The Morgan fingerprint density at radius 2 is 1.35 bits per heavy atom. The molecule has 0 aromatic heterocycles. The van der Waals surface area contributed by atoms with Gasteiger partial charge in [0.15, 0.2) is 5.78 Å². The summed E-state index contributed by atoms with van der Waals surface area (Å²) < 4.78 is 27.8. The Labute approximate surface area is 153 Å². The Morgan fingerprint density at radius 3 is 1.88 bits per heavy atom. The molecule has 0 aliphatic rings. The Balaban J connectivity index is 2.06. The van der Waals surface area contributed by atoms with Crippen molar-refractivity contribution in [2.24, 2.45) is 0 Å². The lowest BCUT2D eigenvalue weighted by Gasteiger charge is -2.25. The minimum Gasteiger partial charge on any atom is -0.295 e. The standard InChI is InChI=1S/C21H19NO3S/c1-17(23)19-12-14-20(15-13-19)22(16-18-8-4-2-5-9-18)26(24,25)21-10-6-3-7-11-21/h2-15H,16H2,1H3. The molecule has 0 fully saturated rings. The van der Waals surface area contributed by atoms with Crippen molar-refractivity contribution in [1.82, 2.24) is 0 Å². The number of anilines is 1. The number of carbonyl (C=O) groups excluding carboxylic acids is 1. The van der Waals surface area contributed by atoms with Gasteiger partial charge in [-0.1, -0.05) is 48.5 Å². The van der Waals surface area contributed by atoms with Gasteiger partial charge >= 0.3 is 0 Å². The summed E-state index contributed by atoms with van der Waals surface area (Å²) in [6, 6.07) is 24.4. The van der Waals surface area contributed by atoms with Gasteiger partial charge < -0.3 is 0 Å². The summed E-state index contributed by atoms with van der Waals surface area (Å²) in [6.07, 6.45) is 0. The molecule has 0 heterocycles. The van der Waals surface area contributed by atoms with Gasteiger partial charge in [0.1, 0.15) is 0 Å². The molecule has 0 bridgehead atoms. The van der Waals surface area contributed by atoms with E-state index in [1.807, 2.05) is 30.3 Å². The Bertz CT molecular complexity index is 982. The molecule has 0 aliphatic carbocycles. The molecule has 0 saturated heterocycles. The second kappa shape index (κ2) is 7.54. The Hall–Kier alpha value is -2.92. The van der Waals surface area contributed by atoms with Crippen molar-refractivity contribution in [3.8, 4) is 0 Å². The van der Waals surface area contributed by atoms with Crippen molar-refractivity contribution in [2.75, 3.05) is 4.31 Å². The lowest BCUT2D eigenvalue weighted by atomic mass is 10.1. The predicted octanol–water partition coefficient (Wildman–Crippen LogP) is 4.28. The van der Waals surface area contributed by atoms with Gasteiger partial charge in [0.05, 0.1) is 17.1 Å². The molecule has 0 N–H and O–H groups in total. The lowest BCUT2D eigenvalue weighted by Crippen LogP contribution is -2.30. The summed E-state index contributed by atoms with van der Waals surface area (Å²) in [7, 11) is -3.74. The maximum atomic E-state index is 13.2. The van der Waals surface area contributed by atoms with Gasteiger partial charge in [-0.05, 0) is 48.9 Å². The van der Waals surface area contributed by atoms with Gasteiger partial charge in [-0.2, -0.15) is 0 Å². The first-order chi connectivity index (χ1) is 12.5. The molecule has 5 heteroatoms. The van der Waals surface area contributed by atoms with Crippen LogP contribution in [0.2, 0.25) is 0 Å². The number of sulfonamides is 1. The number of Topliss-reactive ketones (excluding diaryl/α,β-unsaturated/α-hetero) is 1. The van der Waals surface area contributed by atoms with Crippen molar-refractivity contribution in [1.29, 1.82) is 0 Å². The highest BCUT2D eigenvalue weighted by atomic mass is 32.2. The molecule has 26 heavy (non-hydrogen) atoms. The van der Waals surface area contributed by atoms with E-state index in [0.717, 1.165) is 5.56 Å². The monoisotopic (exact) mass is 365 g/mol. The first kappa shape index (κ1) is 17.9. The van der Waals surface area contributed by atoms with E-state index in [4.69, 9.17) is 0 Å². The highest BCUT2D eigenvalue weighted by molar-refractivity contribution is 7.92. The van der Waals surface area contributed by atoms with Crippen LogP contribution in [0.15, 0.2) is 89.8 Å². The fourth-order valence-corrected chi connectivity index (χ4v) is 4.12. The number of hydrogen-bond acceptors (Lipinski definition) is 3. The molecule has 3 rings (SSSR count). The topological polar surface area (TPSA) is 54.5 Å². The summed E-state index contributed by atoms with van der Waals surface area (Å²) in [5.74, 6) is -0.0583.